The number of thiazole rings is 1. The minimum atomic E-state index is -4.20. The molecule has 0 N–H and O–H groups in total. The summed E-state index contributed by atoms with van der Waals surface area (Å²) in [5.41, 5.74) is 0.782. The van der Waals surface area contributed by atoms with Crippen molar-refractivity contribution in [3.05, 3.63) is 40.9 Å². The van der Waals surface area contributed by atoms with E-state index in [0.29, 0.717) is 6.07 Å². The van der Waals surface area contributed by atoms with Crippen LogP contribution in [0.3, 0.4) is 0 Å². The molecule has 4 nitrogen and oxygen atoms in total. The fraction of sp³-hybridized carbons (Fsp3) is 0.357. The molecule has 0 aliphatic heterocycles. The molecule has 1 aromatic heterocycles. The molecule has 0 spiro atoms. The van der Waals surface area contributed by atoms with E-state index in [1.807, 2.05) is 13.8 Å². The summed E-state index contributed by atoms with van der Waals surface area (Å²) in [5.74, 6) is -1.60. The van der Waals surface area contributed by atoms with Gasteiger partial charge < -0.3 is 0 Å². The first-order valence-corrected chi connectivity index (χ1v) is 8.98. The summed E-state index contributed by atoms with van der Waals surface area (Å²) in [6, 6.07) is 2.34. The van der Waals surface area contributed by atoms with Crippen LogP contribution in [0.15, 0.2) is 28.5 Å². The van der Waals surface area contributed by atoms with E-state index in [4.69, 9.17) is 0 Å². The van der Waals surface area contributed by atoms with E-state index in [-0.39, 0.29) is 11.0 Å². The van der Waals surface area contributed by atoms with Gasteiger partial charge in [-0.1, -0.05) is 13.8 Å². The van der Waals surface area contributed by atoms with Gasteiger partial charge in [-0.05, 0) is 30.5 Å². The second kappa shape index (κ2) is 6.29. The first-order chi connectivity index (χ1) is 10.3. The van der Waals surface area contributed by atoms with Crippen LogP contribution in [-0.4, -0.2) is 20.4 Å². The maximum absolute atomic E-state index is 13.7. The minimum absolute atomic E-state index is 0.201. The first kappa shape index (κ1) is 16.8. The summed E-state index contributed by atoms with van der Waals surface area (Å²) in [4.78, 5) is 3.58. The Bertz CT molecular complexity index is 775. The lowest BCUT2D eigenvalue weighted by Gasteiger charge is -2.17. The highest BCUT2D eigenvalue weighted by Gasteiger charge is 2.27. The van der Waals surface area contributed by atoms with E-state index in [1.54, 1.807) is 5.38 Å². The molecule has 2 aromatic rings. The number of benzene rings is 1. The number of hydrogen-bond donors (Lipinski definition) is 0. The Morgan fingerprint density at radius 1 is 1.36 bits per heavy atom. The van der Waals surface area contributed by atoms with Crippen LogP contribution < -0.4 is 4.31 Å². The Morgan fingerprint density at radius 2 is 2.05 bits per heavy atom. The highest BCUT2D eigenvalue weighted by Crippen LogP contribution is 2.30. The zero-order valence-corrected chi connectivity index (χ0v) is 14.0. The maximum Gasteiger partial charge on any atom is 0.268 e. The molecular formula is C14H16F2N2O2S2. The van der Waals surface area contributed by atoms with Crippen molar-refractivity contribution in [1.82, 2.24) is 4.98 Å². The van der Waals surface area contributed by atoms with Crippen molar-refractivity contribution in [3.8, 4) is 0 Å². The monoisotopic (exact) mass is 346 g/mol. The second-order valence-corrected chi connectivity index (χ2v) is 7.69. The molecule has 0 bridgehead atoms. The van der Waals surface area contributed by atoms with Gasteiger partial charge in [0.25, 0.3) is 10.0 Å². The predicted octanol–water partition coefficient (Wildman–Crippen LogP) is 3.76. The Labute approximate surface area is 132 Å². The summed E-state index contributed by atoms with van der Waals surface area (Å²) in [6.07, 6.45) is 0.873. The molecule has 22 heavy (non-hydrogen) atoms. The molecule has 0 fully saturated rings. The van der Waals surface area contributed by atoms with E-state index in [0.717, 1.165) is 39.9 Å². The smallest absolute Gasteiger partial charge is 0.244 e. The number of nitrogens with zero attached hydrogens (tertiary/aromatic N) is 2. The van der Waals surface area contributed by atoms with Gasteiger partial charge in [-0.3, -0.25) is 0 Å². The van der Waals surface area contributed by atoms with Crippen LogP contribution in [0.5, 0.6) is 0 Å². The molecule has 120 valence electrons. The van der Waals surface area contributed by atoms with Gasteiger partial charge in [-0.2, -0.15) is 0 Å². The van der Waals surface area contributed by atoms with Gasteiger partial charge in [0.2, 0.25) is 0 Å². The van der Waals surface area contributed by atoms with Crippen molar-refractivity contribution in [1.29, 1.82) is 0 Å². The fourth-order valence-electron chi connectivity index (χ4n) is 1.78. The molecule has 2 rings (SSSR count). The lowest BCUT2D eigenvalue weighted by atomic mass is 10.1. The quantitative estimate of drug-likeness (QED) is 0.828. The summed E-state index contributed by atoms with van der Waals surface area (Å²) >= 11 is 1.15. The van der Waals surface area contributed by atoms with Gasteiger partial charge in [0.05, 0.1) is 5.69 Å². The number of hydrogen-bond acceptors (Lipinski definition) is 4. The highest BCUT2D eigenvalue weighted by molar-refractivity contribution is 7.93. The van der Waals surface area contributed by atoms with Crippen molar-refractivity contribution in [3.63, 3.8) is 0 Å². The summed E-state index contributed by atoms with van der Waals surface area (Å²) in [6.45, 7) is 3.99. The topological polar surface area (TPSA) is 50.3 Å². The van der Waals surface area contributed by atoms with E-state index in [1.165, 1.54) is 7.05 Å². The summed E-state index contributed by atoms with van der Waals surface area (Å²) in [5, 5.41) is 2.00. The van der Waals surface area contributed by atoms with Crippen molar-refractivity contribution in [2.75, 3.05) is 11.4 Å². The van der Waals surface area contributed by atoms with E-state index in [9.17, 15) is 17.2 Å². The Kier molecular flexibility index (Phi) is 4.81. The third kappa shape index (κ3) is 3.12. The third-order valence-electron chi connectivity index (χ3n) is 3.43. The predicted molar refractivity (Wildman–Crippen MR) is 82.8 cm³/mol. The lowest BCUT2D eigenvalue weighted by Crippen LogP contribution is -2.27. The Balaban J connectivity index is 2.41. The minimum Gasteiger partial charge on any atom is -0.244 e. The zero-order chi connectivity index (χ0) is 16.5. The van der Waals surface area contributed by atoms with Gasteiger partial charge >= 0.3 is 0 Å². The summed E-state index contributed by atoms with van der Waals surface area (Å²) in [7, 11) is -2.92. The highest BCUT2D eigenvalue weighted by atomic mass is 32.2. The molecule has 0 radical (unpaired) electrons. The van der Waals surface area contributed by atoms with Crippen molar-refractivity contribution >= 4 is 26.5 Å². The van der Waals surface area contributed by atoms with Crippen molar-refractivity contribution in [2.24, 2.45) is 0 Å². The van der Waals surface area contributed by atoms with Gasteiger partial charge in [0, 0.05) is 12.4 Å². The van der Waals surface area contributed by atoms with Crippen molar-refractivity contribution in [2.45, 2.75) is 31.1 Å². The molecule has 0 aliphatic rings. The van der Waals surface area contributed by atoms with Crippen LogP contribution in [0.4, 0.5) is 13.9 Å². The van der Waals surface area contributed by atoms with Crippen LogP contribution in [0, 0.1) is 11.6 Å². The molecule has 0 amide bonds. The average Bonchev–Trinajstić information content (AvgIpc) is 2.97. The van der Waals surface area contributed by atoms with Crippen LogP contribution in [0.1, 0.15) is 31.9 Å². The second-order valence-electron chi connectivity index (χ2n) is 4.91. The average molecular weight is 346 g/mol. The van der Waals surface area contributed by atoms with E-state index < -0.39 is 26.6 Å². The Morgan fingerprint density at radius 3 is 2.68 bits per heavy atom. The SMILES string of the molecule is CC[C@@H](C)c1csc(N(C)S(=O)(=O)c2cc(F)ccc2F)n1. The van der Waals surface area contributed by atoms with Crippen LogP contribution in [-0.2, 0) is 10.0 Å². The molecule has 1 aromatic carbocycles. The molecule has 1 atom stereocenters. The fourth-order valence-corrected chi connectivity index (χ4v) is 4.14. The molecule has 0 aliphatic carbocycles. The standard InChI is InChI=1S/C14H16F2N2O2S2/c1-4-9(2)12-8-21-14(17-12)18(3)22(19,20)13-7-10(15)5-6-11(13)16/h5-9H,4H2,1-3H3/t9-/m1/s1. The van der Waals surface area contributed by atoms with Gasteiger partial charge in [-0.25, -0.2) is 26.5 Å². The normalized spacial score (nSPS) is 13.1. The number of aromatic nitrogens is 1. The van der Waals surface area contributed by atoms with Gasteiger partial charge in [0.15, 0.2) is 5.13 Å². The van der Waals surface area contributed by atoms with Crippen LogP contribution in [0.25, 0.3) is 0 Å². The largest absolute Gasteiger partial charge is 0.268 e. The number of rotatable bonds is 5. The third-order valence-corrected chi connectivity index (χ3v) is 6.24. The van der Waals surface area contributed by atoms with Gasteiger partial charge in [0.1, 0.15) is 16.5 Å². The number of halogens is 2. The first-order valence-electron chi connectivity index (χ1n) is 6.66. The maximum atomic E-state index is 13.7. The molecule has 8 heteroatoms. The zero-order valence-electron chi connectivity index (χ0n) is 12.4. The summed E-state index contributed by atoms with van der Waals surface area (Å²) < 4.78 is 52.7. The van der Waals surface area contributed by atoms with Gasteiger partial charge in [-0.15, -0.1) is 11.3 Å². The Hall–Kier alpha value is -1.54. The van der Waals surface area contributed by atoms with E-state index in [2.05, 4.69) is 4.98 Å². The van der Waals surface area contributed by atoms with E-state index >= 15 is 0 Å². The molecule has 0 saturated carbocycles. The van der Waals surface area contributed by atoms with Crippen LogP contribution in [0.2, 0.25) is 0 Å². The lowest BCUT2D eigenvalue weighted by molar-refractivity contribution is 0.552. The van der Waals surface area contributed by atoms with Crippen molar-refractivity contribution < 1.29 is 17.2 Å². The molecular weight excluding hydrogens is 330 g/mol. The molecule has 0 saturated heterocycles. The van der Waals surface area contributed by atoms with Crippen LogP contribution >= 0.6 is 11.3 Å². The molecule has 0 unspecified atom stereocenters. The number of anilines is 1. The number of sulfonamides is 1. The molecule has 1 heterocycles.